The van der Waals surface area contributed by atoms with E-state index in [1.54, 1.807) is 48.5 Å². The van der Waals surface area contributed by atoms with Crippen molar-refractivity contribution in [2.45, 2.75) is 6.42 Å². The molecule has 30 heavy (non-hydrogen) atoms. The van der Waals surface area contributed by atoms with Crippen LogP contribution in [0.25, 0.3) is 6.20 Å². The Labute approximate surface area is 173 Å². The fraction of sp³-hybridized carbons (Fsp3) is 0.0385. The van der Waals surface area contributed by atoms with Gasteiger partial charge in [0.15, 0.2) is 11.6 Å². The third kappa shape index (κ3) is 3.08. The van der Waals surface area contributed by atoms with E-state index in [1.165, 1.54) is 10.9 Å². The summed E-state index contributed by atoms with van der Waals surface area (Å²) in [5.74, 6) is -0.128. The van der Waals surface area contributed by atoms with Crippen molar-refractivity contribution in [2.75, 3.05) is 0 Å². The van der Waals surface area contributed by atoms with Crippen LogP contribution in [0.1, 0.15) is 38.3 Å². The summed E-state index contributed by atoms with van der Waals surface area (Å²) in [4.78, 5) is 30.8. The zero-order valence-electron chi connectivity index (χ0n) is 16.2. The van der Waals surface area contributed by atoms with E-state index in [0.717, 1.165) is 11.8 Å². The number of allylic oxidation sites excluding steroid dienone is 1. The molecule has 0 bridgehead atoms. The number of nitrogens with zero attached hydrogens (tertiary/aromatic N) is 2. The molecule has 144 valence electrons. The lowest BCUT2D eigenvalue weighted by Gasteiger charge is -2.16. The van der Waals surface area contributed by atoms with Crippen LogP contribution in [0.4, 0.5) is 0 Å². The molecule has 6 rings (SSSR count). The lowest BCUT2D eigenvalue weighted by molar-refractivity contribution is 0.0979. The number of carbonyl (C=O) groups is 2. The number of benzene rings is 3. The van der Waals surface area contributed by atoms with Gasteiger partial charge in [-0.3, -0.25) is 14.6 Å². The summed E-state index contributed by atoms with van der Waals surface area (Å²) in [6.45, 7) is 0. The molecule has 0 radical (unpaired) electrons. The Hall–Kier alpha value is -4.05. The molecule has 0 spiro atoms. The fourth-order valence-corrected chi connectivity index (χ4v) is 3.79. The van der Waals surface area contributed by atoms with Gasteiger partial charge in [-0.25, -0.2) is 0 Å². The van der Waals surface area contributed by atoms with Gasteiger partial charge >= 0.3 is 0 Å². The first-order valence-electron chi connectivity index (χ1n) is 9.78. The summed E-state index contributed by atoms with van der Waals surface area (Å²) in [6.07, 6.45) is 9.28. The Bertz CT molecular complexity index is 1260. The van der Waals surface area contributed by atoms with Crippen LogP contribution in [-0.2, 0) is 0 Å². The summed E-state index contributed by atoms with van der Waals surface area (Å²) in [7, 11) is 0. The van der Waals surface area contributed by atoms with Gasteiger partial charge in [-0.05, 0) is 6.07 Å². The predicted molar refractivity (Wildman–Crippen MR) is 115 cm³/mol. The second kappa shape index (κ2) is 7.41. The van der Waals surface area contributed by atoms with Crippen molar-refractivity contribution in [3.63, 3.8) is 0 Å². The molecule has 3 aromatic carbocycles. The van der Waals surface area contributed by atoms with Gasteiger partial charge in [0, 0.05) is 58.2 Å². The molecule has 1 aliphatic carbocycles. The zero-order valence-corrected chi connectivity index (χ0v) is 16.2. The fourth-order valence-electron chi connectivity index (χ4n) is 3.79. The highest BCUT2D eigenvalue weighted by atomic mass is 16.1. The van der Waals surface area contributed by atoms with Crippen LogP contribution < -0.4 is 10.6 Å². The van der Waals surface area contributed by atoms with E-state index < -0.39 is 0 Å². The van der Waals surface area contributed by atoms with Gasteiger partial charge in [-0.15, -0.1) is 0 Å². The zero-order chi connectivity index (χ0) is 20.5. The molecule has 0 atom stereocenters. The monoisotopic (exact) mass is 390 g/mol. The molecule has 0 saturated heterocycles. The molecule has 4 nitrogen and oxygen atoms in total. The van der Waals surface area contributed by atoms with Gasteiger partial charge in [0.1, 0.15) is 0 Å². The number of carbonyl (C=O) groups excluding carboxylic acids is 2. The minimum absolute atomic E-state index is 0.0641. The van der Waals surface area contributed by atoms with Gasteiger partial charge < -0.3 is 4.90 Å². The topological polar surface area (TPSA) is 49.7 Å². The molecular weight excluding hydrogens is 372 g/mol. The first-order valence-corrected chi connectivity index (χ1v) is 9.78. The molecule has 0 aromatic heterocycles. The van der Waals surface area contributed by atoms with Gasteiger partial charge in [0.05, 0.1) is 5.36 Å². The Balaban J connectivity index is 0.000000130. The third-order valence-electron chi connectivity index (χ3n) is 5.32. The molecule has 0 N–H and O–H groups in total. The molecular formula is C26H18N2O2. The number of hydrogen-bond donors (Lipinski definition) is 0. The number of fused-ring (bicyclic) bond motifs is 4. The maximum Gasteiger partial charge on any atom is 0.194 e. The van der Waals surface area contributed by atoms with Crippen LogP contribution in [-0.4, -0.2) is 16.5 Å². The third-order valence-corrected chi connectivity index (χ3v) is 5.32. The molecule has 3 aliphatic rings. The van der Waals surface area contributed by atoms with E-state index in [9.17, 15) is 9.59 Å². The molecule has 2 aliphatic heterocycles. The van der Waals surface area contributed by atoms with Crippen molar-refractivity contribution in [1.29, 1.82) is 0 Å². The normalized spacial score (nSPS) is 15.2. The van der Waals surface area contributed by atoms with Crippen molar-refractivity contribution in [1.82, 2.24) is 4.90 Å². The molecule has 3 aromatic rings. The standard InChI is InChI=1S/C14H8O2.C12H10N2/c15-13-9-5-1-2-6-10(9)14(16)12-8-4-3-7-11(12)13;1-2-6-12-10(4-1)9-14-7-3-5-11(14)8-13-12/h1-8H;1-4,6-9H,5H2. The first-order chi connectivity index (χ1) is 14.7. The smallest absolute Gasteiger partial charge is 0.194 e. The highest BCUT2D eigenvalue weighted by Gasteiger charge is 2.28. The van der Waals surface area contributed by atoms with E-state index in [2.05, 4.69) is 34.4 Å². The van der Waals surface area contributed by atoms with Gasteiger partial charge in [-0.2, -0.15) is 0 Å². The maximum absolute atomic E-state index is 12.1. The molecule has 0 saturated carbocycles. The average Bonchev–Trinajstić information content (AvgIpc) is 3.16. The maximum atomic E-state index is 12.1. The van der Waals surface area contributed by atoms with Crippen molar-refractivity contribution >= 4 is 17.8 Å². The van der Waals surface area contributed by atoms with Crippen LogP contribution in [0, 0.1) is 0 Å². The van der Waals surface area contributed by atoms with Crippen LogP contribution in [0.2, 0.25) is 0 Å². The Morgan fingerprint density at radius 1 is 0.700 bits per heavy atom. The Kier molecular flexibility index (Phi) is 4.45. The number of para-hydroxylation sites is 1. The van der Waals surface area contributed by atoms with E-state index in [0.29, 0.717) is 22.3 Å². The number of ketones is 2. The number of rotatable bonds is 0. The molecule has 4 heteroatoms. The first kappa shape index (κ1) is 18.0. The highest BCUT2D eigenvalue weighted by Crippen LogP contribution is 2.26. The largest absolute Gasteiger partial charge is 0.325 e. The summed E-state index contributed by atoms with van der Waals surface area (Å²) in [5.41, 5.74) is 3.26. The number of hydrogen-bond acceptors (Lipinski definition) is 4. The minimum Gasteiger partial charge on any atom is -0.325 e. The Morgan fingerprint density at radius 3 is 1.83 bits per heavy atom. The van der Waals surface area contributed by atoms with Crippen molar-refractivity contribution < 1.29 is 9.59 Å². The van der Waals surface area contributed by atoms with Crippen molar-refractivity contribution in [2.24, 2.45) is 4.99 Å². The minimum atomic E-state index is -0.0641. The summed E-state index contributed by atoms with van der Waals surface area (Å²) in [5, 5.41) is 2.22. The van der Waals surface area contributed by atoms with Gasteiger partial charge in [-0.1, -0.05) is 72.8 Å². The molecule has 0 unspecified atom stereocenters. The van der Waals surface area contributed by atoms with Crippen LogP contribution >= 0.6 is 0 Å². The van der Waals surface area contributed by atoms with Crippen LogP contribution in [0.5, 0.6) is 0 Å². The van der Waals surface area contributed by atoms with Crippen molar-refractivity contribution in [3.05, 3.63) is 130 Å². The lowest BCUT2D eigenvalue weighted by atomic mass is 9.84. The second-order valence-corrected chi connectivity index (χ2v) is 7.18. The van der Waals surface area contributed by atoms with Crippen LogP contribution in [0.15, 0.2) is 102 Å². The molecule has 0 fully saturated rings. The lowest BCUT2D eigenvalue weighted by Crippen LogP contribution is -2.24. The van der Waals surface area contributed by atoms with Gasteiger partial charge in [0.25, 0.3) is 0 Å². The van der Waals surface area contributed by atoms with E-state index in [1.807, 2.05) is 24.4 Å². The quantitative estimate of drug-likeness (QED) is 0.461. The summed E-state index contributed by atoms with van der Waals surface area (Å²) < 4.78 is 0. The van der Waals surface area contributed by atoms with Gasteiger partial charge in [0.2, 0.25) is 0 Å². The van der Waals surface area contributed by atoms with E-state index >= 15 is 0 Å². The highest BCUT2D eigenvalue weighted by molar-refractivity contribution is 6.28. The molecule has 2 heterocycles. The SMILES string of the molecule is C1=CN2C=c3ccccc3=NC=C2C1.O=C1c2ccccc2C(=O)c2ccccc21. The van der Waals surface area contributed by atoms with E-state index in [4.69, 9.17) is 0 Å². The predicted octanol–water partition coefficient (Wildman–Crippen LogP) is 3.58. The van der Waals surface area contributed by atoms with E-state index in [-0.39, 0.29) is 11.6 Å². The van der Waals surface area contributed by atoms with Crippen molar-refractivity contribution in [3.8, 4) is 0 Å². The Morgan fingerprint density at radius 2 is 1.23 bits per heavy atom. The average molecular weight is 390 g/mol. The summed E-state index contributed by atoms with van der Waals surface area (Å²) in [6, 6.07) is 22.1. The van der Waals surface area contributed by atoms with Crippen LogP contribution in [0.3, 0.4) is 0 Å². The molecule has 0 amide bonds. The second-order valence-electron chi connectivity index (χ2n) is 7.18. The summed E-state index contributed by atoms with van der Waals surface area (Å²) >= 11 is 0.